The molecule has 3 N–H and O–H groups in total. The fraction of sp³-hybridized carbons (Fsp3) is 0.353. The molecule has 1 aromatic heterocycles. The number of thioether (sulfide) groups is 1. The lowest BCUT2D eigenvalue weighted by Crippen LogP contribution is -2.50. The van der Waals surface area contributed by atoms with E-state index in [4.69, 9.17) is 16.3 Å². The summed E-state index contributed by atoms with van der Waals surface area (Å²) < 4.78 is 5.80. The van der Waals surface area contributed by atoms with Gasteiger partial charge in [-0.3, -0.25) is 4.98 Å². The van der Waals surface area contributed by atoms with Crippen LogP contribution in [0.4, 0.5) is 0 Å². The number of aryl methyl sites for hydroxylation is 1. The maximum absolute atomic E-state index is 10.1. The minimum atomic E-state index is -1.24. The molecule has 5 nitrogen and oxygen atoms in total. The maximum atomic E-state index is 10.1. The van der Waals surface area contributed by atoms with E-state index in [1.165, 1.54) is 11.8 Å². The van der Waals surface area contributed by atoms with Crippen LogP contribution in [-0.4, -0.2) is 49.8 Å². The molecule has 1 saturated heterocycles. The Bertz CT molecular complexity index is 729. The van der Waals surface area contributed by atoms with Crippen molar-refractivity contribution in [3.05, 3.63) is 47.2 Å². The summed E-state index contributed by atoms with van der Waals surface area (Å²) in [5.74, 6) is 0.702. The molecule has 0 unspecified atom stereocenters. The van der Waals surface area contributed by atoms with E-state index in [9.17, 15) is 15.3 Å². The van der Waals surface area contributed by atoms with E-state index in [0.717, 1.165) is 16.8 Å². The van der Waals surface area contributed by atoms with Crippen LogP contribution < -0.4 is 4.74 Å². The molecule has 0 amide bonds. The molecule has 1 aliphatic heterocycles. The molecular weight excluding hydrogens is 350 g/mol. The summed E-state index contributed by atoms with van der Waals surface area (Å²) >= 11 is 7.45. The molecule has 0 saturated carbocycles. The molecule has 2 aromatic rings. The number of rotatable bonds is 3. The summed E-state index contributed by atoms with van der Waals surface area (Å²) in [6.45, 7) is 1.92. The van der Waals surface area contributed by atoms with Gasteiger partial charge in [0.1, 0.15) is 18.0 Å². The van der Waals surface area contributed by atoms with Crippen LogP contribution in [-0.2, 0) is 0 Å². The molecule has 3 rings (SSSR count). The van der Waals surface area contributed by atoms with Crippen LogP contribution in [0.5, 0.6) is 5.75 Å². The first kappa shape index (κ1) is 17.5. The lowest BCUT2D eigenvalue weighted by atomic mass is 10.1. The number of pyridine rings is 1. The minimum absolute atomic E-state index is 0.282. The number of aliphatic hydroxyl groups excluding tert-OH is 3. The highest BCUT2D eigenvalue weighted by molar-refractivity contribution is 7.99. The van der Waals surface area contributed by atoms with Gasteiger partial charge in [-0.05, 0) is 42.3 Å². The van der Waals surface area contributed by atoms with Gasteiger partial charge in [-0.1, -0.05) is 17.7 Å². The predicted octanol–water partition coefficient (Wildman–Crippen LogP) is 2.24. The Morgan fingerprint density at radius 2 is 1.88 bits per heavy atom. The number of halogens is 1. The van der Waals surface area contributed by atoms with Crippen LogP contribution in [0.2, 0.25) is 5.02 Å². The van der Waals surface area contributed by atoms with E-state index in [0.29, 0.717) is 10.8 Å². The van der Waals surface area contributed by atoms with E-state index in [1.807, 2.05) is 25.1 Å². The van der Waals surface area contributed by atoms with E-state index in [1.54, 1.807) is 18.3 Å². The van der Waals surface area contributed by atoms with Crippen molar-refractivity contribution in [3.8, 4) is 16.9 Å². The van der Waals surface area contributed by atoms with Gasteiger partial charge in [-0.15, -0.1) is 11.8 Å². The average molecular weight is 368 g/mol. The summed E-state index contributed by atoms with van der Waals surface area (Å²) in [6.07, 6.45) is -1.66. The molecule has 1 aromatic carbocycles. The zero-order chi connectivity index (χ0) is 17.3. The summed E-state index contributed by atoms with van der Waals surface area (Å²) in [5, 5.41) is 29.9. The molecule has 7 heteroatoms. The zero-order valence-corrected chi connectivity index (χ0v) is 14.5. The molecule has 0 aliphatic carbocycles. The van der Waals surface area contributed by atoms with Gasteiger partial charge in [-0.25, -0.2) is 0 Å². The van der Waals surface area contributed by atoms with Crippen molar-refractivity contribution in [2.45, 2.75) is 30.7 Å². The summed E-state index contributed by atoms with van der Waals surface area (Å²) in [5.41, 5.74) is 2.10. The molecular formula is C17H18ClNO4S. The third-order valence-electron chi connectivity index (χ3n) is 3.86. The SMILES string of the molecule is Cc1cc(-c2ccc(Cl)c(O[C@H]3SC[C@@H](O)[C@H](O)[C@H]3O)c2)ccn1. The Morgan fingerprint density at radius 3 is 2.62 bits per heavy atom. The largest absolute Gasteiger partial charge is 0.475 e. The molecule has 2 heterocycles. The van der Waals surface area contributed by atoms with Crippen molar-refractivity contribution in [3.63, 3.8) is 0 Å². The van der Waals surface area contributed by atoms with Crippen molar-refractivity contribution < 1.29 is 20.1 Å². The second-order valence-electron chi connectivity index (χ2n) is 5.70. The molecule has 1 aliphatic rings. The van der Waals surface area contributed by atoms with Crippen molar-refractivity contribution >= 4 is 23.4 Å². The van der Waals surface area contributed by atoms with Gasteiger partial charge in [0.25, 0.3) is 0 Å². The number of hydrogen-bond acceptors (Lipinski definition) is 6. The Hall–Kier alpha value is -1.31. The van der Waals surface area contributed by atoms with E-state index >= 15 is 0 Å². The van der Waals surface area contributed by atoms with Crippen molar-refractivity contribution in [1.29, 1.82) is 0 Å². The standard InChI is InChI=1S/C17H18ClNO4S/c1-9-6-11(4-5-19-9)10-2-3-12(18)14(7-10)23-17-16(22)15(21)13(20)8-24-17/h2-7,13,15-17,20-22H,8H2,1H3/t13-,15+,16-,17+/m1/s1. The Balaban J connectivity index is 1.85. The first-order chi connectivity index (χ1) is 11.5. The smallest absolute Gasteiger partial charge is 0.173 e. The number of aliphatic hydroxyl groups is 3. The first-order valence-electron chi connectivity index (χ1n) is 7.51. The summed E-state index contributed by atoms with van der Waals surface area (Å²) in [4.78, 5) is 4.18. The predicted molar refractivity (Wildman–Crippen MR) is 94.3 cm³/mol. The summed E-state index contributed by atoms with van der Waals surface area (Å²) in [6, 6.07) is 9.25. The second-order valence-corrected chi connectivity index (χ2v) is 7.24. The molecule has 4 atom stereocenters. The third kappa shape index (κ3) is 3.68. The van der Waals surface area contributed by atoms with Crippen molar-refractivity contribution in [2.24, 2.45) is 0 Å². The van der Waals surface area contributed by atoms with Gasteiger partial charge in [-0.2, -0.15) is 0 Å². The van der Waals surface area contributed by atoms with Crippen LogP contribution in [0.1, 0.15) is 5.69 Å². The Labute approximate surface area is 149 Å². The molecule has 0 spiro atoms. The highest BCUT2D eigenvalue weighted by atomic mass is 35.5. The zero-order valence-electron chi connectivity index (χ0n) is 13.0. The number of aromatic nitrogens is 1. The van der Waals surface area contributed by atoms with E-state index in [-0.39, 0.29) is 5.75 Å². The van der Waals surface area contributed by atoms with Crippen molar-refractivity contribution in [1.82, 2.24) is 4.98 Å². The Morgan fingerprint density at radius 1 is 1.12 bits per heavy atom. The van der Waals surface area contributed by atoms with Crippen molar-refractivity contribution in [2.75, 3.05) is 5.75 Å². The fourth-order valence-corrected chi connectivity index (χ4v) is 3.78. The first-order valence-corrected chi connectivity index (χ1v) is 8.93. The second kappa shape index (κ2) is 7.29. The highest BCUT2D eigenvalue weighted by Crippen LogP contribution is 2.35. The number of benzene rings is 1. The third-order valence-corrected chi connectivity index (χ3v) is 5.41. The van der Waals surface area contributed by atoms with Gasteiger partial charge < -0.3 is 20.1 Å². The molecule has 0 bridgehead atoms. The highest BCUT2D eigenvalue weighted by Gasteiger charge is 2.38. The summed E-state index contributed by atoms with van der Waals surface area (Å²) in [7, 11) is 0. The van der Waals surface area contributed by atoms with Gasteiger partial charge >= 0.3 is 0 Å². The lowest BCUT2D eigenvalue weighted by Gasteiger charge is -2.34. The fourth-order valence-electron chi connectivity index (χ4n) is 2.51. The van der Waals surface area contributed by atoms with Crippen LogP contribution in [0.15, 0.2) is 36.5 Å². The quantitative estimate of drug-likeness (QED) is 0.771. The van der Waals surface area contributed by atoms with Crippen LogP contribution >= 0.6 is 23.4 Å². The molecule has 128 valence electrons. The van der Waals surface area contributed by atoms with Gasteiger partial charge in [0, 0.05) is 17.6 Å². The van der Waals surface area contributed by atoms with E-state index < -0.39 is 23.7 Å². The van der Waals surface area contributed by atoms with Gasteiger partial charge in [0.2, 0.25) is 0 Å². The van der Waals surface area contributed by atoms with E-state index in [2.05, 4.69) is 4.98 Å². The average Bonchev–Trinajstić information content (AvgIpc) is 2.57. The van der Waals surface area contributed by atoms with Crippen LogP contribution in [0, 0.1) is 6.92 Å². The number of ether oxygens (including phenoxy) is 1. The number of nitrogens with zero attached hydrogens (tertiary/aromatic N) is 1. The molecule has 0 radical (unpaired) electrons. The van der Waals surface area contributed by atoms with Crippen LogP contribution in [0.25, 0.3) is 11.1 Å². The number of hydrogen-bond donors (Lipinski definition) is 3. The topological polar surface area (TPSA) is 82.8 Å². The molecule has 1 fully saturated rings. The monoisotopic (exact) mass is 367 g/mol. The van der Waals surface area contributed by atoms with Gasteiger partial charge in [0.15, 0.2) is 5.44 Å². The minimum Gasteiger partial charge on any atom is -0.475 e. The van der Waals surface area contributed by atoms with Crippen LogP contribution in [0.3, 0.4) is 0 Å². The maximum Gasteiger partial charge on any atom is 0.173 e. The van der Waals surface area contributed by atoms with Gasteiger partial charge in [0.05, 0.1) is 11.1 Å². The molecule has 24 heavy (non-hydrogen) atoms. The Kier molecular flexibility index (Phi) is 5.32. The lowest BCUT2D eigenvalue weighted by molar-refractivity contribution is -0.0785. The normalized spacial score (nSPS) is 27.0.